The van der Waals surface area contributed by atoms with Crippen molar-refractivity contribution in [2.75, 3.05) is 33.4 Å². The summed E-state index contributed by atoms with van der Waals surface area (Å²) in [5.41, 5.74) is 0. The van der Waals surface area contributed by atoms with E-state index < -0.39 is 0 Å². The monoisotopic (exact) mass is 272 g/mol. The van der Waals surface area contributed by atoms with Crippen molar-refractivity contribution in [2.24, 2.45) is 0 Å². The highest BCUT2D eigenvalue weighted by Gasteiger charge is 2.31. The molecule has 0 spiro atoms. The second kappa shape index (κ2) is 9.28. The summed E-state index contributed by atoms with van der Waals surface area (Å²) in [5, 5.41) is 11.9. The van der Waals surface area contributed by atoms with Crippen molar-refractivity contribution in [1.82, 2.24) is 10.2 Å². The lowest BCUT2D eigenvalue weighted by atomic mass is 9.90. The Labute approximate surface area is 116 Å². The number of hydrogen-bond acceptors (Lipinski definition) is 4. The summed E-state index contributed by atoms with van der Waals surface area (Å²) in [6.45, 7) is 4.28. The Morgan fingerprint density at radius 2 is 2.21 bits per heavy atom. The molecule has 0 saturated heterocycles. The summed E-state index contributed by atoms with van der Waals surface area (Å²) in [4.78, 5) is 14.3. The highest BCUT2D eigenvalue weighted by molar-refractivity contribution is 5.81. The Kier molecular flexibility index (Phi) is 8.02. The first-order chi connectivity index (χ1) is 9.20. The molecule has 5 nitrogen and oxygen atoms in total. The van der Waals surface area contributed by atoms with Crippen molar-refractivity contribution in [3.05, 3.63) is 0 Å². The van der Waals surface area contributed by atoms with Gasteiger partial charge in [0.05, 0.1) is 6.04 Å². The number of carbonyl (C=O) groups excluding carboxylic acids is 1. The van der Waals surface area contributed by atoms with E-state index in [1.807, 2.05) is 6.92 Å². The quantitative estimate of drug-likeness (QED) is 0.577. The standard InChI is InChI=1S/C14H28N2O3/c1-12(14(18)15-8-4-11-19-2)16(9-5-10-17)13-6-3-7-13/h12-13,17H,3-11H2,1-2H3,(H,15,18). The van der Waals surface area contributed by atoms with Gasteiger partial charge in [-0.1, -0.05) is 6.42 Å². The maximum atomic E-state index is 12.1. The van der Waals surface area contributed by atoms with Crippen LogP contribution in [0.5, 0.6) is 0 Å². The normalized spacial score (nSPS) is 17.3. The fourth-order valence-corrected chi connectivity index (χ4v) is 2.39. The smallest absolute Gasteiger partial charge is 0.237 e. The Balaban J connectivity index is 2.35. The van der Waals surface area contributed by atoms with Gasteiger partial charge in [0.1, 0.15) is 0 Å². The van der Waals surface area contributed by atoms with Gasteiger partial charge in [-0.05, 0) is 32.6 Å². The van der Waals surface area contributed by atoms with Crippen molar-refractivity contribution >= 4 is 5.91 Å². The van der Waals surface area contributed by atoms with E-state index >= 15 is 0 Å². The third-order valence-electron chi connectivity index (χ3n) is 3.82. The fraction of sp³-hybridized carbons (Fsp3) is 0.929. The van der Waals surface area contributed by atoms with E-state index in [1.165, 1.54) is 19.3 Å². The summed E-state index contributed by atoms with van der Waals surface area (Å²) in [7, 11) is 1.66. The van der Waals surface area contributed by atoms with Gasteiger partial charge in [-0.25, -0.2) is 0 Å². The largest absolute Gasteiger partial charge is 0.396 e. The van der Waals surface area contributed by atoms with Crippen LogP contribution in [-0.2, 0) is 9.53 Å². The van der Waals surface area contributed by atoms with Gasteiger partial charge in [0.25, 0.3) is 0 Å². The molecule has 1 aliphatic rings. The Morgan fingerprint density at radius 1 is 1.47 bits per heavy atom. The van der Waals surface area contributed by atoms with Crippen molar-refractivity contribution in [1.29, 1.82) is 0 Å². The number of hydrogen-bond donors (Lipinski definition) is 2. The number of amides is 1. The van der Waals surface area contributed by atoms with Gasteiger partial charge >= 0.3 is 0 Å². The molecule has 2 N–H and O–H groups in total. The Hall–Kier alpha value is -0.650. The first-order valence-corrected chi connectivity index (χ1v) is 7.34. The van der Waals surface area contributed by atoms with Gasteiger partial charge < -0.3 is 15.2 Å². The summed E-state index contributed by atoms with van der Waals surface area (Å²) in [6, 6.07) is 0.408. The van der Waals surface area contributed by atoms with Gasteiger partial charge in [0.15, 0.2) is 0 Å². The molecule has 1 unspecified atom stereocenters. The maximum Gasteiger partial charge on any atom is 0.237 e. The van der Waals surface area contributed by atoms with E-state index in [1.54, 1.807) is 7.11 Å². The number of nitrogens with zero attached hydrogens (tertiary/aromatic N) is 1. The SMILES string of the molecule is COCCCNC(=O)C(C)N(CCCO)C1CCC1. The topological polar surface area (TPSA) is 61.8 Å². The average Bonchev–Trinajstić information content (AvgIpc) is 2.36. The summed E-state index contributed by atoms with van der Waals surface area (Å²) < 4.78 is 4.96. The first-order valence-electron chi connectivity index (χ1n) is 7.34. The van der Waals surface area contributed by atoms with Crippen LogP contribution >= 0.6 is 0 Å². The average molecular weight is 272 g/mol. The number of methoxy groups -OCH3 is 1. The van der Waals surface area contributed by atoms with E-state index in [4.69, 9.17) is 9.84 Å². The predicted octanol–water partition coefficient (Wildman–Crippen LogP) is 0.765. The van der Waals surface area contributed by atoms with Crippen LogP contribution in [0.2, 0.25) is 0 Å². The number of aliphatic hydroxyl groups excluding tert-OH is 1. The van der Waals surface area contributed by atoms with E-state index in [0.29, 0.717) is 19.2 Å². The molecular formula is C14H28N2O3. The molecule has 0 aromatic heterocycles. The van der Waals surface area contributed by atoms with E-state index in [0.717, 1.165) is 19.4 Å². The van der Waals surface area contributed by atoms with E-state index in [2.05, 4.69) is 10.2 Å². The van der Waals surface area contributed by atoms with E-state index in [-0.39, 0.29) is 18.6 Å². The third kappa shape index (κ3) is 5.47. The zero-order chi connectivity index (χ0) is 14.1. The number of carbonyl (C=O) groups is 1. The van der Waals surface area contributed by atoms with Crippen LogP contribution in [-0.4, -0.2) is 61.4 Å². The fourth-order valence-electron chi connectivity index (χ4n) is 2.39. The van der Waals surface area contributed by atoms with Gasteiger partial charge in [-0.3, -0.25) is 9.69 Å². The molecule has 0 aromatic carbocycles. The third-order valence-corrected chi connectivity index (χ3v) is 3.82. The summed E-state index contributed by atoms with van der Waals surface area (Å²) >= 11 is 0. The van der Waals surface area contributed by atoms with Gasteiger partial charge in [0, 0.05) is 39.5 Å². The molecule has 0 aliphatic heterocycles. The molecular weight excluding hydrogens is 244 g/mol. The number of aliphatic hydroxyl groups is 1. The molecule has 1 amide bonds. The van der Waals surface area contributed by atoms with E-state index in [9.17, 15) is 4.79 Å². The van der Waals surface area contributed by atoms with Crippen LogP contribution in [0.15, 0.2) is 0 Å². The molecule has 1 fully saturated rings. The van der Waals surface area contributed by atoms with Crippen molar-refractivity contribution in [2.45, 2.75) is 51.1 Å². The number of rotatable bonds is 10. The second-order valence-corrected chi connectivity index (χ2v) is 5.21. The molecule has 5 heteroatoms. The molecule has 1 aliphatic carbocycles. The summed E-state index contributed by atoms with van der Waals surface area (Å²) in [5.74, 6) is 0.0842. The molecule has 0 aromatic rings. The lowest BCUT2D eigenvalue weighted by Gasteiger charge is -2.40. The van der Waals surface area contributed by atoms with Gasteiger partial charge in [-0.2, -0.15) is 0 Å². The van der Waals surface area contributed by atoms with Crippen molar-refractivity contribution < 1.29 is 14.6 Å². The molecule has 1 saturated carbocycles. The maximum absolute atomic E-state index is 12.1. The predicted molar refractivity (Wildman–Crippen MR) is 75.0 cm³/mol. The minimum Gasteiger partial charge on any atom is -0.396 e. The van der Waals surface area contributed by atoms with Gasteiger partial charge in [0.2, 0.25) is 5.91 Å². The molecule has 1 atom stereocenters. The highest BCUT2D eigenvalue weighted by Crippen LogP contribution is 2.26. The Bertz CT molecular complexity index is 257. The van der Waals surface area contributed by atoms with Crippen LogP contribution in [0, 0.1) is 0 Å². The Morgan fingerprint density at radius 3 is 2.74 bits per heavy atom. The molecule has 0 heterocycles. The van der Waals surface area contributed by atoms with Crippen molar-refractivity contribution in [3.8, 4) is 0 Å². The lowest BCUT2D eigenvalue weighted by Crippen LogP contribution is -2.52. The summed E-state index contributed by atoms with van der Waals surface area (Å²) in [6.07, 6.45) is 5.18. The van der Waals surface area contributed by atoms with Crippen LogP contribution in [0.1, 0.15) is 39.0 Å². The number of ether oxygens (including phenoxy) is 1. The van der Waals surface area contributed by atoms with Crippen molar-refractivity contribution in [3.63, 3.8) is 0 Å². The van der Waals surface area contributed by atoms with Crippen LogP contribution in [0.25, 0.3) is 0 Å². The molecule has 0 bridgehead atoms. The molecule has 19 heavy (non-hydrogen) atoms. The number of nitrogens with one attached hydrogen (secondary N) is 1. The van der Waals surface area contributed by atoms with Crippen LogP contribution in [0.4, 0.5) is 0 Å². The minimum absolute atomic E-state index is 0.0842. The second-order valence-electron chi connectivity index (χ2n) is 5.21. The molecule has 1 rings (SSSR count). The van der Waals surface area contributed by atoms with Crippen LogP contribution in [0.3, 0.4) is 0 Å². The van der Waals surface area contributed by atoms with Crippen LogP contribution < -0.4 is 5.32 Å². The molecule has 112 valence electrons. The van der Waals surface area contributed by atoms with Gasteiger partial charge in [-0.15, -0.1) is 0 Å². The minimum atomic E-state index is -0.112. The zero-order valence-corrected chi connectivity index (χ0v) is 12.2. The zero-order valence-electron chi connectivity index (χ0n) is 12.2. The molecule has 0 radical (unpaired) electrons. The highest BCUT2D eigenvalue weighted by atomic mass is 16.5. The lowest BCUT2D eigenvalue weighted by molar-refractivity contribution is -0.127. The first kappa shape index (κ1) is 16.4.